The third kappa shape index (κ3) is 1.20. The molecular weight excluding hydrogens is 202 g/mol. The van der Waals surface area contributed by atoms with Gasteiger partial charge in [-0.05, 0) is 25.1 Å². The molecule has 0 radical (unpaired) electrons. The van der Waals surface area contributed by atoms with Crippen molar-refractivity contribution in [3.63, 3.8) is 0 Å². The predicted octanol–water partition coefficient (Wildman–Crippen LogP) is 2.71. The van der Waals surface area contributed by atoms with Crippen LogP contribution in [0.2, 0.25) is 0 Å². The molecule has 0 atom stereocenters. The van der Waals surface area contributed by atoms with Crippen molar-refractivity contribution in [3.8, 4) is 11.4 Å². The van der Waals surface area contributed by atoms with Crippen molar-refractivity contribution in [2.45, 2.75) is 6.92 Å². The lowest BCUT2D eigenvalue weighted by Crippen LogP contribution is -1.85. The van der Waals surface area contributed by atoms with Gasteiger partial charge in [-0.3, -0.25) is 0 Å². The minimum atomic E-state index is 0.682. The largest absolute Gasteiger partial charge is 0.469 e. The number of H-pyrrole nitrogens is 1. The smallest absolute Gasteiger partial charge is 0.142 e. The first-order chi connectivity index (χ1) is 7.75. The highest BCUT2D eigenvalue weighted by Crippen LogP contribution is 2.26. The SMILES string of the molecule is Cc1occc1-c1nc2c(N)cccc2[nH]1. The number of para-hydroxylation sites is 1. The molecule has 0 fully saturated rings. The summed E-state index contributed by atoms with van der Waals surface area (Å²) < 4.78 is 5.25. The topological polar surface area (TPSA) is 67.8 Å². The number of hydrogen-bond acceptors (Lipinski definition) is 3. The van der Waals surface area contributed by atoms with E-state index in [1.165, 1.54) is 0 Å². The number of imidazole rings is 1. The van der Waals surface area contributed by atoms with E-state index in [0.717, 1.165) is 28.2 Å². The Hall–Kier alpha value is -2.23. The van der Waals surface area contributed by atoms with Gasteiger partial charge in [0.25, 0.3) is 0 Å². The van der Waals surface area contributed by atoms with Crippen LogP contribution in [0, 0.1) is 6.92 Å². The highest BCUT2D eigenvalue weighted by atomic mass is 16.3. The molecule has 3 aromatic rings. The molecule has 2 heterocycles. The molecule has 0 saturated carbocycles. The number of aromatic amines is 1. The van der Waals surface area contributed by atoms with E-state index in [0.29, 0.717) is 5.69 Å². The number of aromatic nitrogens is 2. The first-order valence-electron chi connectivity index (χ1n) is 5.04. The zero-order valence-electron chi connectivity index (χ0n) is 8.82. The fourth-order valence-electron chi connectivity index (χ4n) is 1.81. The van der Waals surface area contributed by atoms with Gasteiger partial charge in [0.15, 0.2) is 0 Å². The van der Waals surface area contributed by atoms with Crippen molar-refractivity contribution < 1.29 is 4.42 Å². The van der Waals surface area contributed by atoms with E-state index in [4.69, 9.17) is 10.2 Å². The maximum atomic E-state index is 5.86. The molecule has 4 heteroatoms. The average Bonchev–Trinajstić information content (AvgIpc) is 2.84. The summed E-state index contributed by atoms with van der Waals surface area (Å²) in [4.78, 5) is 7.70. The lowest BCUT2D eigenvalue weighted by atomic mass is 10.2. The van der Waals surface area contributed by atoms with E-state index >= 15 is 0 Å². The number of hydrogen-bond donors (Lipinski definition) is 2. The van der Waals surface area contributed by atoms with Crippen molar-refractivity contribution in [2.75, 3.05) is 5.73 Å². The Labute approximate surface area is 92.1 Å². The molecule has 0 amide bonds. The van der Waals surface area contributed by atoms with Gasteiger partial charge in [0.2, 0.25) is 0 Å². The fourth-order valence-corrected chi connectivity index (χ4v) is 1.81. The number of fused-ring (bicyclic) bond motifs is 1. The Morgan fingerprint density at radius 3 is 2.88 bits per heavy atom. The van der Waals surface area contributed by atoms with Gasteiger partial charge in [-0.25, -0.2) is 4.98 Å². The normalized spacial score (nSPS) is 11.1. The van der Waals surface area contributed by atoms with Gasteiger partial charge in [-0.1, -0.05) is 6.07 Å². The maximum Gasteiger partial charge on any atom is 0.142 e. The van der Waals surface area contributed by atoms with E-state index in [9.17, 15) is 0 Å². The molecule has 0 spiro atoms. The van der Waals surface area contributed by atoms with E-state index in [-0.39, 0.29) is 0 Å². The Balaban J connectivity index is 2.27. The Morgan fingerprint density at radius 1 is 1.31 bits per heavy atom. The number of nitrogens with two attached hydrogens (primary N) is 1. The summed E-state index contributed by atoms with van der Waals surface area (Å²) in [5.41, 5.74) is 9.25. The quantitative estimate of drug-likeness (QED) is 0.611. The third-order valence-corrected chi connectivity index (χ3v) is 2.66. The van der Waals surface area contributed by atoms with E-state index in [1.807, 2.05) is 31.2 Å². The van der Waals surface area contributed by atoms with Crippen LogP contribution >= 0.6 is 0 Å². The standard InChI is InChI=1S/C12H11N3O/c1-7-8(5-6-16-7)12-14-10-4-2-3-9(13)11(10)15-12/h2-6H,13H2,1H3,(H,14,15). The second-order valence-corrected chi connectivity index (χ2v) is 3.72. The number of nitrogens with zero attached hydrogens (tertiary/aromatic N) is 1. The summed E-state index contributed by atoms with van der Waals surface area (Å²) >= 11 is 0. The number of nitrogens with one attached hydrogen (secondary N) is 1. The molecule has 0 saturated heterocycles. The van der Waals surface area contributed by atoms with Gasteiger partial charge in [0, 0.05) is 0 Å². The minimum absolute atomic E-state index is 0.682. The van der Waals surface area contributed by atoms with Crippen molar-refractivity contribution in [1.29, 1.82) is 0 Å². The zero-order valence-corrected chi connectivity index (χ0v) is 8.82. The second-order valence-electron chi connectivity index (χ2n) is 3.72. The fraction of sp³-hybridized carbons (Fsp3) is 0.0833. The summed E-state index contributed by atoms with van der Waals surface area (Å²) in [6, 6.07) is 7.60. The van der Waals surface area contributed by atoms with Crippen molar-refractivity contribution >= 4 is 16.7 Å². The number of furan rings is 1. The van der Waals surface area contributed by atoms with Crippen LogP contribution in [-0.4, -0.2) is 9.97 Å². The van der Waals surface area contributed by atoms with Crippen LogP contribution in [0.25, 0.3) is 22.4 Å². The van der Waals surface area contributed by atoms with E-state index in [1.54, 1.807) is 6.26 Å². The van der Waals surface area contributed by atoms with Crippen molar-refractivity contribution in [3.05, 3.63) is 36.3 Å². The summed E-state index contributed by atoms with van der Waals surface area (Å²) in [6.07, 6.45) is 1.65. The van der Waals surface area contributed by atoms with Crippen LogP contribution < -0.4 is 5.73 Å². The Bertz CT molecular complexity index is 651. The lowest BCUT2D eigenvalue weighted by Gasteiger charge is -1.91. The highest BCUT2D eigenvalue weighted by molar-refractivity contribution is 5.89. The summed E-state index contributed by atoms with van der Waals surface area (Å²) in [7, 11) is 0. The third-order valence-electron chi connectivity index (χ3n) is 2.66. The van der Waals surface area contributed by atoms with Crippen LogP contribution in [0.4, 0.5) is 5.69 Å². The molecule has 3 rings (SSSR count). The number of benzene rings is 1. The predicted molar refractivity (Wildman–Crippen MR) is 62.9 cm³/mol. The molecule has 0 aliphatic carbocycles. The minimum Gasteiger partial charge on any atom is -0.469 e. The molecule has 3 N–H and O–H groups in total. The molecule has 80 valence electrons. The molecule has 4 nitrogen and oxygen atoms in total. The van der Waals surface area contributed by atoms with Crippen molar-refractivity contribution in [1.82, 2.24) is 9.97 Å². The Morgan fingerprint density at radius 2 is 2.19 bits per heavy atom. The van der Waals surface area contributed by atoms with Crippen molar-refractivity contribution in [2.24, 2.45) is 0 Å². The molecule has 0 bridgehead atoms. The van der Waals surface area contributed by atoms with Crippen LogP contribution in [0.1, 0.15) is 5.76 Å². The first-order valence-corrected chi connectivity index (χ1v) is 5.04. The zero-order chi connectivity index (χ0) is 11.1. The van der Waals surface area contributed by atoms with E-state index in [2.05, 4.69) is 9.97 Å². The number of nitrogen functional groups attached to an aromatic ring is 1. The molecule has 0 aliphatic heterocycles. The Kier molecular flexibility index (Phi) is 1.77. The van der Waals surface area contributed by atoms with E-state index < -0.39 is 0 Å². The number of aryl methyl sites for hydroxylation is 1. The van der Waals surface area contributed by atoms with Gasteiger partial charge in [-0.2, -0.15) is 0 Å². The van der Waals surface area contributed by atoms with Crippen LogP contribution in [0.3, 0.4) is 0 Å². The maximum absolute atomic E-state index is 5.86. The highest BCUT2D eigenvalue weighted by Gasteiger charge is 2.10. The number of rotatable bonds is 1. The van der Waals surface area contributed by atoms with Crippen LogP contribution in [0.15, 0.2) is 34.9 Å². The summed E-state index contributed by atoms with van der Waals surface area (Å²) in [5.74, 6) is 1.64. The van der Waals surface area contributed by atoms with Gasteiger partial charge < -0.3 is 15.1 Å². The number of anilines is 1. The van der Waals surface area contributed by atoms with Gasteiger partial charge in [0.1, 0.15) is 17.1 Å². The second kappa shape index (κ2) is 3.13. The monoisotopic (exact) mass is 213 g/mol. The summed E-state index contributed by atoms with van der Waals surface area (Å²) in [6.45, 7) is 1.91. The van der Waals surface area contributed by atoms with Gasteiger partial charge in [-0.15, -0.1) is 0 Å². The first kappa shape index (κ1) is 9.03. The molecule has 0 aliphatic rings. The molecule has 0 unspecified atom stereocenters. The molecule has 1 aromatic carbocycles. The van der Waals surface area contributed by atoms with Gasteiger partial charge >= 0.3 is 0 Å². The molecular formula is C12H11N3O. The molecule has 16 heavy (non-hydrogen) atoms. The average molecular weight is 213 g/mol. The molecule has 2 aromatic heterocycles. The lowest BCUT2D eigenvalue weighted by molar-refractivity contribution is 0.535. The van der Waals surface area contributed by atoms with Crippen LogP contribution in [-0.2, 0) is 0 Å². The summed E-state index contributed by atoms with van der Waals surface area (Å²) in [5, 5.41) is 0. The van der Waals surface area contributed by atoms with Gasteiger partial charge in [0.05, 0.1) is 23.0 Å². The van der Waals surface area contributed by atoms with Crippen LogP contribution in [0.5, 0.6) is 0 Å².